The van der Waals surface area contributed by atoms with E-state index in [1.807, 2.05) is 60.4 Å². The lowest BCUT2D eigenvalue weighted by atomic mass is 10.1. The summed E-state index contributed by atoms with van der Waals surface area (Å²) in [6.07, 6.45) is 2.09. The molecular weight excluding hydrogens is 362 g/mol. The maximum absolute atomic E-state index is 13.3. The molecule has 0 radical (unpaired) electrons. The number of carbonyl (C=O) groups is 1. The quantitative estimate of drug-likeness (QED) is 0.606. The summed E-state index contributed by atoms with van der Waals surface area (Å²) in [7, 11) is 0. The number of benzene rings is 2. The molecule has 1 aliphatic rings. The zero-order chi connectivity index (χ0) is 18.8. The minimum absolute atomic E-state index is 0.0749. The second-order valence-electron chi connectivity index (χ2n) is 7.00. The average molecular weight is 384 g/mol. The molecule has 0 aliphatic carbocycles. The SMILES string of the molecule is Cc1c(C(=O)N(Cc2ccc(Cl)cc2)C[C@@H]2CCCO2)oc2ccccc12. The first-order valence-electron chi connectivity index (χ1n) is 9.25. The number of furan rings is 1. The fourth-order valence-corrected chi connectivity index (χ4v) is 3.71. The van der Waals surface area contributed by atoms with Crippen LogP contribution in [-0.4, -0.2) is 30.1 Å². The summed E-state index contributed by atoms with van der Waals surface area (Å²) >= 11 is 5.99. The molecule has 1 aromatic heterocycles. The zero-order valence-electron chi connectivity index (χ0n) is 15.3. The smallest absolute Gasteiger partial charge is 0.290 e. The van der Waals surface area contributed by atoms with Crippen LogP contribution < -0.4 is 0 Å². The van der Waals surface area contributed by atoms with E-state index < -0.39 is 0 Å². The molecule has 0 spiro atoms. The number of halogens is 1. The molecule has 0 unspecified atom stereocenters. The van der Waals surface area contributed by atoms with Gasteiger partial charge in [-0.15, -0.1) is 0 Å². The first kappa shape index (κ1) is 18.1. The van der Waals surface area contributed by atoms with Crippen LogP contribution in [0.3, 0.4) is 0 Å². The van der Waals surface area contributed by atoms with Gasteiger partial charge in [-0.05, 0) is 43.5 Å². The lowest BCUT2D eigenvalue weighted by Gasteiger charge is -2.25. The number of carbonyl (C=O) groups excluding carboxylic acids is 1. The van der Waals surface area contributed by atoms with Gasteiger partial charge in [0.05, 0.1) is 6.10 Å². The van der Waals surface area contributed by atoms with Crippen molar-refractivity contribution in [2.75, 3.05) is 13.2 Å². The zero-order valence-corrected chi connectivity index (χ0v) is 16.0. The van der Waals surface area contributed by atoms with Gasteiger partial charge in [0.2, 0.25) is 0 Å². The van der Waals surface area contributed by atoms with Gasteiger partial charge in [0, 0.05) is 35.7 Å². The van der Waals surface area contributed by atoms with Crippen LogP contribution >= 0.6 is 11.6 Å². The van der Waals surface area contributed by atoms with Gasteiger partial charge in [0.25, 0.3) is 5.91 Å². The summed E-state index contributed by atoms with van der Waals surface area (Å²) in [5.74, 6) is 0.303. The van der Waals surface area contributed by atoms with Gasteiger partial charge in [0.15, 0.2) is 5.76 Å². The molecular formula is C22H22ClNO3. The molecule has 0 saturated carbocycles. The summed E-state index contributed by atoms with van der Waals surface area (Å²) in [4.78, 5) is 15.2. The monoisotopic (exact) mass is 383 g/mol. The highest BCUT2D eigenvalue weighted by Crippen LogP contribution is 2.27. The number of rotatable bonds is 5. The summed E-state index contributed by atoms with van der Waals surface area (Å²) in [5, 5.41) is 1.66. The third kappa shape index (κ3) is 3.87. The van der Waals surface area contributed by atoms with Crippen molar-refractivity contribution >= 4 is 28.5 Å². The van der Waals surface area contributed by atoms with Crippen molar-refractivity contribution in [3.63, 3.8) is 0 Å². The number of hydrogen-bond acceptors (Lipinski definition) is 3. The maximum Gasteiger partial charge on any atom is 0.290 e. The second-order valence-corrected chi connectivity index (χ2v) is 7.44. The van der Waals surface area contributed by atoms with Crippen molar-refractivity contribution in [2.24, 2.45) is 0 Å². The summed E-state index contributed by atoms with van der Waals surface area (Å²) in [6, 6.07) is 15.3. The molecule has 1 amide bonds. The van der Waals surface area contributed by atoms with E-state index in [9.17, 15) is 4.79 Å². The first-order chi connectivity index (χ1) is 13.1. The van der Waals surface area contributed by atoms with Crippen molar-refractivity contribution < 1.29 is 13.9 Å². The van der Waals surface area contributed by atoms with E-state index in [0.717, 1.165) is 41.5 Å². The van der Waals surface area contributed by atoms with E-state index in [1.54, 1.807) is 0 Å². The Morgan fingerprint density at radius 3 is 2.67 bits per heavy atom. The lowest BCUT2D eigenvalue weighted by molar-refractivity contribution is 0.0485. The molecule has 1 aliphatic heterocycles. The molecule has 1 fully saturated rings. The van der Waals surface area contributed by atoms with Gasteiger partial charge in [-0.25, -0.2) is 0 Å². The molecule has 1 saturated heterocycles. The largest absolute Gasteiger partial charge is 0.451 e. The molecule has 3 aromatic rings. The van der Waals surface area contributed by atoms with Crippen LogP contribution in [-0.2, 0) is 11.3 Å². The van der Waals surface area contributed by atoms with Crippen LogP contribution in [0.2, 0.25) is 5.02 Å². The summed E-state index contributed by atoms with van der Waals surface area (Å²) in [5.41, 5.74) is 2.64. The van der Waals surface area contributed by atoms with E-state index in [-0.39, 0.29) is 12.0 Å². The highest BCUT2D eigenvalue weighted by molar-refractivity contribution is 6.30. The molecule has 27 heavy (non-hydrogen) atoms. The van der Waals surface area contributed by atoms with Gasteiger partial charge in [-0.1, -0.05) is 41.9 Å². The third-order valence-corrected chi connectivity index (χ3v) is 5.31. The molecule has 2 heterocycles. The minimum atomic E-state index is -0.103. The number of fused-ring (bicyclic) bond motifs is 1. The Labute approximate surface area is 163 Å². The molecule has 0 bridgehead atoms. The Kier molecular flexibility index (Phi) is 5.19. The molecule has 0 N–H and O–H groups in total. The molecule has 140 valence electrons. The molecule has 5 heteroatoms. The van der Waals surface area contributed by atoms with Gasteiger partial charge in [-0.2, -0.15) is 0 Å². The Morgan fingerprint density at radius 2 is 1.96 bits per heavy atom. The van der Waals surface area contributed by atoms with Crippen molar-refractivity contribution in [3.05, 3.63) is 70.4 Å². The Morgan fingerprint density at radius 1 is 1.19 bits per heavy atom. The van der Waals surface area contributed by atoms with Gasteiger partial charge >= 0.3 is 0 Å². The van der Waals surface area contributed by atoms with Crippen LogP contribution in [0.15, 0.2) is 52.9 Å². The number of para-hydroxylation sites is 1. The predicted molar refractivity (Wildman–Crippen MR) is 106 cm³/mol. The predicted octanol–water partition coefficient (Wildman–Crippen LogP) is 5.22. The number of ether oxygens (including phenoxy) is 1. The lowest BCUT2D eigenvalue weighted by Crippen LogP contribution is -2.37. The molecule has 2 aromatic carbocycles. The van der Waals surface area contributed by atoms with Crippen LogP contribution in [0, 0.1) is 6.92 Å². The Hall–Kier alpha value is -2.30. The number of aryl methyl sites for hydroxylation is 1. The van der Waals surface area contributed by atoms with Crippen molar-refractivity contribution in [3.8, 4) is 0 Å². The van der Waals surface area contributed by atoms with Crippen LogP contribution in [0.4, 0.5) is 0 Å². The van der Waals surface area contributed by atoms with E-state index in [2.05, 4.69) is 0 Å². The number of hydrogen-bond donors (Lipinski definition) is 0. The molecule has 4 rings (SSSR count). The van der Waals surface area contributed by atoms with E-state index in [0.29, 0.717) is 23.9 Å². The standard InChI is InChI=1S/C22H22ClNO3/c1-15-19-6-2-3-7-20(19)27-21(15)22(25)24(14-18-5-4-12-26-18)13-16-8-10-17(23)11-9-16/h2-3,6-11,18H,4-5,12-14H2,1H3/t18-/m0/s1. The second kappa shape index (κ2) is 7.75. The minimum Gasteiger partial charge on any atom is -0.451 e. The van der Waals surface area contributed by atoms with Crippen LogP contribution in [0.1, 0.15) is 34.5 Å². The van der Waals surface area contributed by atoms with Crippen LogP contribution in [0.5, 0.6) is 0 Å². The first-order valence-corrected chi connectivity index (χ1v) is 9.63. The van der Waals surface area contributed by atoms with Crippen molar-refractivity contribution in [1.29, 1.82) is 0 Å². The average Bonchev–Trinajstić information content (AvgIpc) is 3.31. The van der Waals surface area contributed by atoms with Crippen LogP contribution in [0.25, 0.3) is 11.0 Å². The van der Waals surface area contributed by atoms with E-state index in [4.69, 9.17) is 20.8 Å². The fraction of sp³-hybridized carbons (Fsp3) is 0.318. The third-order valence-electron chi connectivity index (χ3n) is 5.06. The molecule has 1 atom stereocenters. The maximum atomic E-state index is 13.3. The van der Waals surface area contributed by atoms with E-state index in [1.165, 1.54) is 0 Å². The summed E-state index contributed by atoms with van der Waals surface area (Å²) in [6.45, 7) is 3.74. The van der Waals surface area contributed by atoms with Gasteiger partial charge < -0.3 is 14.1 Å². The van der Waals surface area contributed by atoms with Crippen molar-refractivity contribution in [2.45, 2.75) is 32.4 Å². The van der Waals surface area contributed by atoms with Gasteiger partial charge in [0.1, 0.15) is 5.58 Å². The van der Waals surface area contributed by atoms with E-state index >= 15 is 0 Å². The highest BCUT2D eigenvalue weighted by Gasteiger charge is 2.27. The topological polar surface area (TPSA) is 42.7 Å². The molecule has 4 nitrogen and oxygen atoms in total. The highest BCUT2D eigenvalue weighted by atomic mass is 35.5. The fourth-order valence-electron chi connectivity index (χ4n) is 3.59. The Bertz CT molecular complexity index is 942. The van der Waals surface area contributed by atoms with Crippen molar-refractivity contribution in [1.82, 2.24) is 4.90 Å². The number of nitrogens with zero attached hydrogens (tertiary/aromatic N) is 1. The summed E-state index contributed by atoms with van der Waals surface area (Å²) < 4.78 is 11.7. The van der Waals surface area contributed by atoms with Gasteiger partial charge in [-0.3, -0.25) is 4.79 Å². The normalized spacial score (nSPS) is 16.7. The number of amides is 1. The Balaban J connectivity index is 1.64.